The molecule has 1 aliphatic heterocycles. The number of benzene rings is 2. The summed E-state index contributed by atoms with van der Waals surface area (Å²) in [5.74, 6) is -1.85. The van der Waals surface area contributed by atoms with E-state index in [4.69, 9.17) is 11.6 Å². The van der Waals surface area contributed by atoms with E-state index in [2.05, 4.69) is 10.1 Å². The standard InChI is InChI=1S/C26H20ClFN4O3S/c1-31-23(20(27)12-29-31)21-14-36-24(30-21)22(33)11-16(9-15-5-4-6-17(28)10-15)13-32-25(34)18-7-2-3-8-19(18)26(32)35/h2-8,10,12,14,16H,9,11,13H2,1H3/t16-/m1/s1. The van der Waals surface area contributed by atoms with Crippen molar-refractivity contribution in [2.75, 3.05) is 6.54 Å². The van der Waals surface area contributed by atoms with E-state index in [0.717, 1.165) is 0 Å². The Hall–Kier alpha value is -3.69. The molecule has 10 heteroatoms. The average Bonchev–Trinajstić information content (AvgIpc) is 3.53. The van der Waals surface area contributed by atoms with Gasteiger partial charge in [0.25, 0.3) is 11.8 Å². The number of imide groups is 1. The van der Waals surface area contributed by atoms with Crippen LogP contribution in [0.3, 0.4) is 0 Å². The van der Waals surface area contributed by atoms with Gasteiger partial charge in [0.15, 0.2) is 10.8 Å². The third-order valence-corrected chi connectivity index (χ3v) is 7.25. The van der Waals surface area contributed by atoms with Crippen LogP contribution in [0.1, 0.15) is 42.5 Å². The molecule has 36 heavy (non-hydrogen) atoms. The maximum atomic E-state index is 13.8. The van der Waals surface area contributed by atoms with Gasteiger partial charge in [0, 0.05) is 25.4 Å². The average molecular weight is 523 g/mol. The molecule has 1 aliphatic rings. The minimum atomic E-state index is -0.436. The maximum Gasteiger partial charge on any atom is 0.261 e. The highest BCUT2D eigenvalue weighted by molar-refractivity contribution is 7.12. The molecule has 2 aromatic heterocycles. The molecule has 2 amide bonds. The van der Waals surface area contributed by atoms with Crippen LogP contribution in [0.5, 0.6) is 0 Å². The molecule has 0 fully saturated rings. The van der Waals surface area contributed by atoms with Gasteiger partial charge in [-0.15, -0.1) is 11.3 Å². The summed E-state index contributed by atoms with van der Waals surface area (Å²) in [7, 11) is 1.74. The highest BCUT2D eigenvalue weighted by Crippen LogP contribution is 2.30. The van der Waals surface area contributed by atoms with E-state index in [1.165, 1.54) is 34.6 Å². The van der Waals surface area contributed by atoms with Gasteiger partial charge in [0.2, 0.25) is 0 Å². The Morgan fingerprint density at radius 2 is 1.83 bits per heavy atom. The Labute approximate surface area is 215 Å². The van der Waals surface area contributed by atoms with Crippen LogP contribution in [-0.4, -0.2) is 43.8 Å². The number of hydrogen-bond acceptors (Lipinski definition) is 6. The van der Waals surface area contributed by atoms with Gasteiger partial charge in [-0.05, 0) is 42.2 Å². The van der Waals surface area contributed by atoms with Gasteiger partial charge in [-0.3, -0.25) is 24.0 Å². The lowest BCUT2D eigenvalue weighted by Gasteiger charge is -2.22. The molecule has 4 aromatic rings. The maximum absolute atomic E-state index is 13.8. The molecule has 7 nitrogen and oxygen atoms in total. The first-order chi connectivity index (χ1) is 17.3. The van der Waals surface area contributed by atoms with Crippen molar-refractivity contribution in [2.45, 2.75) is 12.8 Å². The quantitative estimate of drug-likeness (QED) is 0.238. The number of thiazole rings is 1. The number of fused-ring (bicyclic) bond motifs is 1. The number of rotatable bonds is 8. The fourth-order valence-corrected chi connectivity index (χ4v) is 5.44. The molecule has 0 radical (unpaired) electrons. The molecule has 3 heterocycles. The summed E-state index contributed by atoms with van der Waals surface area (Å²) >= 11 is 7.40. The molecule has 5 rings (SSSR count). The predicted molar refractivity (Wildman–Crippen MR) is 134 cm³/mol. The fourth-order valence-electron chi connectivity index (χ4n) is 4.42. The van der Waals surface area contributed by atoms with Crippen LogP contribution in [0.4, 0.5) is 4.39 Å². The van der Waals surface area contributed by atoms with Crippen LogP contribution >= 0.6 is 22.9 Å². The summed E-state index contributed by atoms with van der Waals surface area (Å²) in [5, 5.41) is 6.55. The Balaban J connectivity index is 1.39. The zero-order chi connectivity index (χ0) is 25.4. The lowest BCUT2D eigenvalue weighted by Crippen LogP contribution is -2.36. The summed E-state index contributed by atoms with van der Waals surface area (Å²) < 4.78 is 15.4. The molecule has 0 bridgehead atoms. The number of aryl methyl sites for hydroxylation is 1. The summed E-state index contributed by atoms with van der Waals surface area (Å²) in [6.07, 6.45) is 1.84. The predicted octanol–water partition coefficient (Wildman–Crippen LogP) is 5.06. The van der Waals surface area contributed by atoms with Gasteiger partial charge < -0.3 is 0 Å². The second-order valence-electron chi connectivity index (χ2n) is 8.60. The van der Waals surface area contributed by atoms with Crippen molar-refractivity contribution in [3.63, 3.8) is 0 Å². The topological polar surface area (TPSA) is 85.2 Å². The van der Waals surface area contributed by atoms with Crippen LogP contribution in [0.25, 0.3) is 11.4 Å². The summed E-state index contributed by atoms with van der Waals surface area (Å²) in [5.41, 5.74) is 2.50. The molecule has 0 saturated heterocycles. The highest BCUT2D eigenvalue weighted by atomic mass is 35.5. The molecular weight excluding hydrogens is 503 g/mol. The lowest BCUT2D eigenvalue weighted by molar-refractivity contribution is 0.0617. The lowest BCUT2D eigenvalue weighted by atomic mass is 9.93. The van der Waals surface area contributed by atoms with Crippen LogP contribution in [0.2, 0.25) is 5.02 Å². The summed E-state index contributed by atoms with van der Waals surface area (Å²) in [6, 6.07) is 12.7. The van der Waals surface area contributed by atoms with Gasteiger partial charge in [-0.1, -0.05) is 35.9 Å². The summed E-state index contributed by atoms with van der Waals surface area (Å²) in [6.45, 7) is 0.0282. The van der Waals surface area contributed by atoms with Gasteiger partial charge >= 0.3 is 0 Å². The second kappa shape index (κ2) is 9.75. The molecule has 0 aliphatic carbocycles. The molecular formula is C26H20ClFN4O3S. The second-order valence-corrected chi connectivity index (χ2v) is 9.86. The van der Waals surface area contributed by atoms with Gasteiger partial charge in [0.05, 0.1) is 22.3 Å². The number of amides is 2. The first kappa shape index (κ1) is 24.0. The normalized spacial score (nSPS) is 13.8. The minimum absolute atomic E-state index is 0.0238. The van der Waals surface area contributed by atoms with Crippen molar-refractivity contribution in [3.05, 3.63) is 92.6 Å². The van der Waals surface area contributed by atoms with Crippen molar-refractivity contribution in [1.29, 1.82) is 0 Å². The zero-order valence-corrected chi connectivity index (χ0v) is 20.7. The van der Waals surface area contributed by atoms with E-state index in [9.17, 15) is 18.8 Å². The number of carbonyl (C=O) groups excluding carboxylic acids is 3. The number of ketones is 1. The van der Waals surface area contributed by atoms with Crippen molar-refractivity contribution in [3.8, 4) is 11.4 Å². The number of Topliss-reactive ketones (excluding diaryl/α,β-unsaturated/α-hetero) is 1. The third kappa shape index (κ3) is 4.59. The molecule has 0 N–H and O–H groups in total. The Morgan fingerprint density at radius 3 is 2.47 bits per heavy atom. The van der Waals surface area contributed by atoms with E-state index in [1.807, 2.05) is 0 Å². The fraction of sp³-hybridized carbons (Fsp3) is 0.192. The number of nitrogens with zero attached hydrogens (tertiary/aromatic N) is 4. The highest BCUT2D eigenvalue weighted by Gasteiger charge is 2.37. The van der Waals surface area contributed by atoms with Crippen molar-refractivity contribution in [1.82, 2.24) is 19.7 Å². The number of halogens is 2. The third-order valence-electron chi connectivity index (χ3n) is 6.09. The van der Waals surface area contributed by atoms with E-state index in [1.54, 1.807) is 53.5 Å². The van der Waals surface area contributed by atoms with Crippen molar-refractivity contribution < 1.29 is 18.8 Å². The van der Waals surface area contributed by atoms with E-state index < -0.39 is 23.5 Å². The molecule has 1 atom stereocenters. The van der Waals surface area contributed by atoms with Crippen molar-refractivity contribution in [2.24, 2.45) is 13.0 Å². The number of carbonyl (C=O) groups is 3. The SMILES string of the molecule is Cn1ncc(Cl)c1-c1csc(C(=O)C[C@@H](Cc2cccc(F)c2)CN2C(=O)c3ccccc3C2=O)n1. The Bertz CT molecular complexity index is 1440. The van der Waals surface area contributed by atoms with Crippen LogP contribution in [0.15, 0.2) is 60.1 Å². The van der Waals surface area contributed by atoms with E-state index in [0.29, 0.717) is 39.5 Å². The first-order valence-corrected chi connectivity index (χ1v) is 12.4. The minimum Gasteiger partial charge on any atom is -0.292 e. The molecule has 0 unspecified atom stereocenters. The Morgan fingerprint density at radius 1 is 1.11 bits per heavy atom. The van der Waals surface area contributed by atoms with Crippen LogP contribution < -0.4 is 0 Å². The number of aromatic nitrogens is 3. The van der Waals surface area contributed by atoms with E-state index >= 15 is 0 Å². The number of hydrogen-bond donors (Lipinski definition) is 0. The van der Waals surface area contributed by atoms with E-state index in [-0.39, 0.29) is 23.8 Å². The smallest absolute Gasteiger partial charge is 0.261 e. The molecule has 0 saturated carbocycles. The van der Waals surface area contributed by atoms with Gasteiger partial charge in [0.1, 0.15) is 17.2 Å². The molecule has 0 spiro atoms. The zero-order valence-electron chi connectivity index (χ0n) is 19.1. The largest absolute Gasteiger partial charge is 0.292 e. The Kier molecular flexibility index (Phi) is 6.51. The van der Waals surface area contributed by atoms with Gasteiger partial charge in [-0.25, -0.2) is 9.37 Å². The molecule has 2 aromatic carbocycles. The monoisotopic (exact) mass is 522 g/mol. The first-order valence-electron chi connectivity index (χ1n) is 11.2. The summed E-state index contributed by atoms with van der Waals surface area (Å²) in [4.78, 5) is 44.7. The molecule has 182 valence electrons. The van der Waals surface area contributed by atoms with Crippen LogP contribution in [-0.2, 0) is 13.5 Å². The van der Waals surface area contributed by atoms with Crippen LogP contribution in [0, 0.1) is 11.7 Å². The van der Waals surface area contributed by atoms with Crippen molar-refractivity contribution >= 4 is 40.5 Å². The van der Waals surface area contributed by atoms with Gasteiger partial charge in [-0.2, -0.15) is 5.10 Å².